The fraction of sp³-hybridized carbons (Fsp3) is 0.207. The number of rotatable bonds is 5. The molecule has 1 saturated heterocycles. The van der Waals surface area contributed by atoms with Gasteiger partial charge in [0.2, 0.25) is 10.0 Å². The molecule has 2 aliphatic rings. The summed E-state index contributed by atoms with van der Waals surface area (Å²) in [5.74, 6) is -0.157. The molecule has 3 aromatic carbocycles. The van der Waals surface area contributed by atoms with Crippen LogP contribution >= 0.6 is 0 Å². The monoisotopic (exact) mass is 513 g/mol. The molecule has 4 aromatic rings. The van der Waals surface area contributed by atoms with Gasteiger partial charge < -0.3 is 14.2 Å². The van der Waals surface area contributed by atoms with Gasteiger partial charge in [-0.2, -0.15) is 4.31 Å². The summed E-state index contributed by atoms with van der Waals surface area (Å²) in [5.41, 5.74) is 4.98. The van der Waals surface area contributed by atoms with Crippen LogP contribution in [0.2, 0.25) is 0 Å². The van der Waals surface area contributed by atoms with E-state index >= 15 is 0 Å². The Balaban J connectivity index is 1.44. The maximum absolute atomic E-state index is 13.3. The average Bonchev–Trinajstić information content (AvgIpc) is 3.39. The van der Waals surface area contributed by atoms with E-state index in [9.17, 15) is 13.2 Å². The van der Waals surface area contributed by atoms with Gasteiger partial charge in [-0.05, 0) is 35.9 Å². The SMILES string of the molecule is CN1C(=O)C(=Cc2cn(Cc3ccccc3)c3ccccc23)c2cc(S(=O)(=O)N3CCOCC3)ccc21. The summed E-state index contributed by atoms with van der Waals surface area (Å²) >= 11 is 0. The molecule has 6 rings (SSSR count). The highest BCUT2D eigenvalue weighted by atomic mass is 32.2. The van der Waals surface area contributed by atoms with Crippen LogP contribution in [0.3, 0.4) is 0 Å². The van der Waals surface area contributed by atoms with Crippen LogP contribution in [0.1, 0.15) is 16.7 Å². The lowest BCUT2D eigenvalue weighted by molar-refractivity contribution is -0.112. The van der Waals surface area contributed by atoms with Gasteiger partial charge in [-0.25, -0.2) is 8.42 Å². The van der Waals surface area contributed by atoms with Crippen molar-refractivity contribution in [2.24, 2.45) is 0 Å². The van der Waals surface area contributed by atoms with Gasteiger partial charge in [0.05, 0.1) is 23.8 Å². The summed E-state index contributed by atoms with van der Waals surface area (Å²) in [6, 6.07) is 23.3. The van der Waals surface area contributed by atoms with Gasteiger partial charge in [0, 0.05) is 60.5 Å². The molecule has 2 aliphatic heterocycles. The number of morpholine rings is 1. The second-order valence-electron chi connectivity index (χ2n) is 9.33. The first-order chi connectivity index (χ1) is 17.9. The quantitative estimate of drug-likeness (QED) is 0.375. The number of para-hydroxylation sites is 1. The molecule has 7 nitrogen and oxygen atoms in total. The number of nitrogens with zero attached hydrogens (tertiary/aromatic N) is 3. The molecule has 0 aliphatic carbocycles. The van der Waals surface area contributed by atoms with Crippen LogP contribution in [0.4, 0.5) is 5.69 Å². The highest BCUT2D eigenvalue weighted by Crippen LogP contribution is 2.39. The topological polar surface area (TPSA) is 71.9 Å². The third-order valence-electron chi connectivity index (χ3n) is 7.08. The van der Waals surface area contributed by atoms with Crippen molar-refractivity contribution >= 4 is 44.2 Å². The van der Waals surface area contributed by atoms with E-state index < -0.39 is 10.0 Å². The number of hydrogen-bond donors (Lipinski definition) is 0. The number of carbonyl (C=O) groups excluding carboxylic acids is 1. The number of benzene rings is 3. The van der Waals surface area contributed by atoms with Gasteiger partial charge in [-0.3, -0.25) is 4.79 Å². The maximum Gasteiger partial charge on any atom is 0.258 e. The number of anilines is 1. The molecule has 0 saturated carbocycles. The Labute approximate surface area is 216 Å². The molecular formula is C29H27N3O4S. The smallest absolute Gasteiger partial charge is 0.258 e. The van der Waals surface area contributed by atoms with Crippen LogP contribution in [0.25, 0.3) is 22.6 Å². The van der Waals surface area contributed by atoms with E-state index in [0.717, 1.165) is 16.5 Å². The fourth-order valence-electron chi connectivity index (χ4n) is 5.12. The first-order valence-electron chi connectivity index (χ1n) is 12.3. The fourth-order valence-corrected chi connectivity index (χ4v) is 6.56. The highest BCUT2D eigenvalue weighted by molar-refractivity contribution is 7.89. The van der Waals surface area contributed by atoms with Crippen molar-refractivity contribution in [3.63, 3.8) is 0 Å². The first kappa shape index (κ1) is 23.7. The molecule has 1 aromatic heterocycles. The van der Waals surface area contributed by atoms with E-state index in [0.29, 0.717) is 49.7 Å². The van der Waals surface area contributed by atoms with Gasteiger partial charge in [-0.15, -0.1) is 0 Å². The van der Waals surface area contributed by atoms with Crippen molar-refractivity contribution in [1.29, 1.82) is 0 Å². The molecular weight excluding hydrogens is 486 g/mol. The Kier molecular flexibility index (Phi) is 5.95. The second kappa shape index (κ2) is 9.30. The third kappa shape index (κ3) is 4.17. The van der Waals surface area contributed by atoms with Crippen molar-refractivity contribution in [1.82, 2.24) is 8.87 Å². The number of ether oxygens (including phenoxy) is 1. The summed E-state index contributed by atoms with van der Waals surface area (Å²) < 4.78 is 35.6. The summed E-state index contributed by atoms with van der Waals surface area (Å²) in [4.78, 5) is 15.1. The van der Waals surface area contributed by atoms with Crippen LogP contribution < -0.4 is 4.90 Å². The van der Waals surface area contributed by atoms with Crippen LogP contribution in [0.15, 0.2) is 83.9 Å². The second-order valence-corrected chi connectivity index (χ2v) is 11.3. The summed E-state index contributed by atoms with van der Waals surface area (Å²) in [6.45, 7) is 2.10. The van der Waals surface area contributed by atoms with Crippen LogP contribution in [-0.2, 0) is 26.1 Å². The summed E-state index contributed by atoms with van der Waals surface area (Å²) in [7, 11) is -1.97. The highest BCUT2D eigenvalue weighted by Gasteiger charge is 2.33. The van der Waals surface area contributed by atoms with E-state index in [4.69, 9.17) is 4.74 Å². The lowest BCUT2D eigenvalue weighted by Gasteiger charge is -2.26. The molecule has 0 bridgehead atoms. The molecule has 37 heavy (non-hydrogen) atoms. The van der Waals surface area contributed by atoms with E-state index in [-0.39, 0.29) is 10.8 Å². The Bertz CT molecular complexity index is 1630. The number of sulfonamides is 1. The molecule has 8 heteroatoms. The van der Waals surface area contributed by atoms with Crippen molar-refractivity contribution in [3.05, 3.63) is 95.7 Å². The molecule has 0 unspecified atom stereocenters. The van der Waals surface area contributed by atoms with E-state index in [1.54, 1.807) is 30.1 Å². The first-order valence-corrected chi connectivity index (χ1v) is 13.7. The van der Waals surface area contributed by atoms with Gasteiger partial charge >= 0.3 is 0 Å². The molecule has 0 spiro atoms. The maximum atomic E-state index is 13.3. The third-order valence-corrected chi connectivity index (χ3v) is 8.97. The molecule has 0 atom stereocenters. The minimum absolute atomic E-state index is 0.157. The lowest BCUT2D eigenvalue weighted by atomic mass is 10.0. The number of fused-ring (bicyclic) bond motifs is 2. The zero-order valence-electron chi connectivity index (χ0n) is 20.5. The lowest BCUT2D eigenvalue weighted by Crippen LogP contribution is -2.40. The summed E-state index contributed by atoms with van der Waals surface area (Å²) in [5, 5.41) is 1.03. The van der Waals surface area contributed by atoms with Gasteiger partial charge in [0.1, 0.15) is 0 Å². The zero-order valence-corrected chi connectivity index (χ0v) is 21.3. The Morgan fingerprint density at radius 1 is 0.946 bits per heavy atom. The number of aromatic nitrogens is 1. The van der Waals surface area contributed by atoms with Crippen molar-refractivity contribution < 1.29 is 17.9 Å². The molecule has 1 fully saturated rings. The predicted octanol–water partition coefficient (Wildman–Crippen LogP) is 4.23. The summed E-state index contributed by atoms with van der Waals surface area (Å²) in [6.07, 6.45) is 3.95. The van der Waals surface area contributed by atoms with E-state index in [1.807, 2.05) is 42.5 Å². The van der Waals surface area contributed by atoms with E-state index in [2.05, 4.69) is 29.0 Å². The number of likely N-dealkylation sites (N-methyl/N-ethyl adjacent to an activating group) is 1. The Hall–Kier alpha value is -3.72. The largest absolute Gasteiger partial charge is 0.379 e. The van der Waals surface area contributed by atoms with Gasteiger partial charge in [0.25, 0.3) is 5.91 Å². The van der Waals surface area contributed by atoms with Crippen LogP contribution in [0, 0.1) is 0 Å². The minimum Gasteiger partial charge on any atom is -0.379 e. The Morgan fingerprint density at radius 3 is 2.46 bits per heavy atom. The van der Waals surface area contributed by atoms with Gasteiger partial charge in [0.15, 0.2) is 0 Å². The Morgan fingerprint density at radius 2 is 1.68 bits per heavy atom. The van der Waals surface area contributed by atoms with Crippen LogP contribution in [-0.4, -0.2) is 56.5 Å². The van der Waals surface area contributed by atoms with Crippen molar-refractivity contribution in [3.8, 4) is 0 Å². The molecule has 0 N–H and O–H groups in total. The minimum atomic E-state index is -3.69. The molecule has 0 radical (unpaired) electrons. The normalized spacial score (nSPS) is 17.6. The molecule has 3 heterocycles. The van der Waals surface area contributed by atoms with Crippen molar-refractivity contribution in [2.45, 2.75) is 11.4 Å². The zero-order chi connectivity index (χ0) is 25.6. The molecule has 188 valence electrons. The number of hydrogen-bond acceptors (Lipinski definition) is 4. The molecule has 1 amide bonds. The predicted molar refractivity (Wildman–Crippen MR) is 145 cm³/mol. The van der Waals surface area contributed by atoms with Crippen molar-refractivity contribution in [2.75, 3.05) is 38.3 Å². The van der Waals surface area contributed by atoms with Crippen LogP contribution in [0.5, 0.6) is 0 Å². The number of amides is 1. The average molecular weight is 514 g/mol. The van der Waals surface area contributed by atoms with Gasteiger partial charge in [-0.1, -0.05) is 48.5 Å². The van der Waals surface area contributed by atoms with E-state index in [1.165, 1.54) is 9.87 Å². The standard InChI is InChI=1S/C29H27N3O4S/c1-30-27-12-11-23(37(34,35)32-13-15-36-16-14-32)18-25(27)26(29(30)33)17-22-20-31(19-21-7-3-2-4-8-21)28-10-6-5-9-24(22)28/h2-12,17-18,20H,13-16,19H2,1H3. The number of carbonyl (C=O) groups is 1.